The number of pyridine rings is 1. The van der Waals surface area contributed by atoms with Crippen LogP contribution < -0.4 is 10.2 Å². The summed E-state index contributed by atoms with van der Waals surface area (Å²) in [5.41, 5.74) is 1.59. The Hall–Kier alpha value is -4.24. The number of benzene rings is 2. The van der Waals surface area contributed by atoms with Crippen LogP contribution in [0.15, 0.2) is 89.5 Å². The molecule has 1 saturated heterocycles. The molecule has 2 N–H and O–H groups in total. The molecular weight excluding hydrogens is 440 g/mol. The van der Waals surface area contributed by atoms with Gasteiger partial charge in [-0.15, -0.1) is 0 Å². The summed E-state index contributed by atoms with van der Waals surface area (Å²) in [6, 6.07) is 21.5. The summed E-state index contributed by atoms with van der Waals surface area (Å²) in [6.45, 7) is 0. The van der Waals surface area contributed by atoms with E-state index < -0.39 is 11.0 Å². The standard InChI is InChI=1S/C24H18N4O4S/c29-19-11-4-3-10-18(19)27-23(22(26-24(27)33)16-8-5-6-14-25-16)21-13-12-20(32-21)15-7-1-2-9-17(15)28(30)31/h1-14,22-23,29H,(H,26,33)/t22-,23-/m1/s1. The minimum Gasteiger partial charge on any atom is -0.506 e. The van der Waals surface area contributed by atoms with Gasteiger partial charge < -0.3 is 19.7 Å². The molecule has 1 fully saturated rings. The van der Waals surface area contributed by atoms with Crippen molar-refractivity contribution >= 4 is 28.7 Å². The largest absolute Gasteiger partial charge is 0.506 e. The van der Waals surface area contributed by atoms with Crippen LogP contribution in [0.3, 0.4) is 0 Å². The Kier molecular flexibility index (Phi) is 5.23. The van der Waals surface area contributed by atoms with Gasteiger partial charge in [0, 0.05) is 12.3 Å². The Morgan fingerprint density at radius 1 is 1.03 bits per heavy atom. The highest BCUT2D eigenvalue weighted by Gasteiger charge is 2.43. The first-order chi connectivity index (χ1) is 16.0. The van der Waals surface area contributed by atoms with Gasteiger partial charge in [0.15, 0.2) is 5.11 Å². The molecule has 0 spiro atoms. The van der Waals surface area contributed by atoms with E-state index in [2.05, 4.69) is 10.3 Å². The van der Waals surface area contributed by atoms with Crippen molar-refractivity contribution in [2.24, 2.45) is 0 Å². The summed E-state index contributed by atoms with van der Waals surface area (Å²) in [6.07, 6.45) is 1.70. The van der Waals surface area contributed by atoms with E-state index in [-0.39, 0.29) is 17.5 Å². The van der Waals surface area contributed by atoms with Gasteiger partial charge in [0.2, 0.25) is 0 Å². The molecule has 0 saturated carbocycles. The number of aromatic nitrogens is 1. The molecule has 1 aliphatic heterocycles. The number of phenolic OH excluding ortho intramolecular Hbond substituents is 1. The maximum absolute atomic E-state index is 11.5. The highest BCUT2D eigenvalue weighted by molar-refractivity contribution is 7.80. The Morgan fingerprint density at radius 3 is 2.55 bits per heavy atom. The number of aromatic hydroxyl groups is 1. The summed E-state index contributed by atoms with van der Waals surface area (Å²) in [5.74, 6) is 0.959. The zero-order valence-electron chi connectivity index (χ0n) is 17.2. The first-order valence-corrected chi connectivity index (χ1v) is 10.6. The third kappa shape index (κ3) is 3.68. The smallest absolute Gasteiger partial charge is 0.280 e. The molecular formula is C24H18N4O4S. The monoisotopic (exact) mass is 458 g/mol. The number of hydrogen-bond donors (Lipinski definition) is 2. The number of para-hydroxylation sites is 3. The summed E-state index contributed by atoms with van der Waals surface area (Å²) in [4.78, 5) is 17.3. The number of furan rings is 1. The highest BCUT2D eigenvalue weighted by Crippen LogP contribution is 2.45. The molecule has 8 nitrogen and oxygen atoms in total. The zero-order valence-corrected chi connectivity index (χ0v) is 18.0. The van der Waals surface area contributed by atoms with Crippen molar-refractivity contribution in [3.63, 3.8) is 0 Å². The number of nitro groups is 1. The van der Waals surface area contributed by atoms with E-state index in [0.717, 1.165) is 5.69 Å². The van der Waals surface area contributed by atoms with E-state index in [1.807, 2.05) is 24.3 Å². The molecule has 0 aliphatic carbocycles. The minimum absolute atomic E-state index is 0.0442. The predicted molar refractivity (Wildman–Crippen MR) is 127 cm³/mol. The molecule has 2 aromatic heterocycles. The number of nitro benzene ring substituents is 1. The fourth-order valence-electron chi connectivity index (χ4n) is 4.07. The van der Waals surface area contributed by atoms with Crippen LogP contribution in [0.25, 0.3) is 11.3 Å². The lowest BCUT2D eigenvalue weighted by atomic mass is 10.0. The fraction of sp³-hybridized carbons (Fsp3) is 0.0833. The molecule has 9 heteroatoms. The second-order valence-electron chi connectivity index (χ2n) is 7.46. The normalized spacial score (nSPS) is 17.7. The van der Waals surface area contributed by atoms with Crippen LogP contribution in [0.5, 0.6) is 5.75 Å². The van der Waals surface area contributed by atoms with E-state index in [4.69, 9.17) is 16.6 Å². The number of phenols is 1. The van der Waals surface area contributed by atoms with Gasteiger partial charge in [-0.3, -0.25) is 15.1 Å². The van der Waals surface area contributed by atoms with E-state index in [9.17, 15) is 15.2 Å². The SMILES string of the molecule is O=[N+]([O-])c1ccccc1-c1ccc([C@@H]2[C@@H](c3ccccn3)NC(=S)N2c2ccccc2O)o1. The average molecular weight is 458 g/mol. The number of hydrogen-bond acceptors (Lipinski definition) is 6. The molecule has 0 amide bonds. The first kappa shape index (κ1) is 20.7. The molecule has 0 bridgehead atoms. The van der Waals surface area contributed by atoms with E-state index in [1.54, 1.807) is 59.6 Å². The first-order valence-electron chi connectivity index (χ1n) is 10.2. The number of nitrogens with one attached hydrogen (secondary N) is 1. The number of anilines is 1. The van der Waals surface area contributed by atoms with Crippen molar-refractivity contribution in [1.29, 1.82) is 0 Å². The molecule has 0 radical (unpaired) electrons. The van der Waals surface area contributed by atoms with Crippen LogP contribution in [0.1, 0.15) is 23.5 Å². The molecule has 5 rings (SSSR count). The molecule has 0 unspecified atom stereocenters. The van der Waals surface area contributed by atoms with Gasteiger partial charge in [0.05, 0.1) is 27.9 Å². The average Bonchev–Trinajstić information content (AvgIpc) is 3.44. The third-order valence-electron chi connectivity index (χ3n) is 5.52. The molecule has 2 atom stereocenters. The van der Waals surface area contributed by atoms with Crippen LogP contribution in [0.4, 0.5) is 11.4 Å². The lowest BCUT2D eigenvalue weighted by Crippen LogP contribution is -2.29. The topological polar surface area (TPSA) is 105 Å². The summed E-state index contributed by atoms with van der Waals surface area (Å²) < 4.78 is 6.18. The van der Waals surface area contributed by atoms with Crippen LogP contribution in [0, 0.1) is 10.1 Å². The Morgan fingerprint density at radius 2 is 1.79 bits per heavy atom. The van der Waals surface area contributed by atoms with Crippen molar-refractivity contribution in [2.45, 2.75) is 12.1 Å². The van der Waals surface area contributed by atoms with Gasteiger partial charge in [0.25, 0.3) is 5.69 Å². The lowest BCUT2D eigenvalue weighted by molar-refractivity contribution is -0.384. The van der Waals surface area contributed by atoms with E-state index in [0.29, 0.717) is 27.9 Å². The van der Waals surface area contributed by atoms with E-state index >= 15 is 0 Å². The summed E-state index contributed by atoms with van der Waals surface area (Å²) in [7, 11) is 0. The maximum Gasteiger partial charge on any atom is 0.280 e. The van der Waals surface area contributed by atoms with Crippen LogP contribution >= 0.6 is 12.2 Å². The van der Waals surface area contributed by atoms with Gasteiger partial charge in [-0.05, 0) is 54.7 Å². The van der Waals surface area contributed by atoms with Gasteiger partial charge >= 0.3 is 0 Å². The lowest BCUT2D eigenvalue weighted by Gasteiger charge is -2.26. The van der Waals surface area contributed by atoms with Crippen molar-refractivity contribution in [3.8, 4) is 17.1 Å². The van der Waals surface area contributed by atoms with Crippen LogP contribution in [-0.2, 0) is 0 Å². The predicted octanol–water partition coefficient (Wildman–Crippen LogP) is 5.13. The molecule has 3 heterocycles. The second kappa shape index (κ2) is 8.36. The summed E-state index contributed by atoms with van der Waals surface area (Å²) >= 11 is 5.64. The minimum atomic E-state index is -0.489. The second-order valence-corrected chi connectivity index (χ2v) is 7.85. The zero-order chi connectivity index (χ0) is 22.9. The summed E-state index contributed by atoms with van der Waals surface area (Å²) in [5, 5.41) is 25.7. The molecule has 4 aromatic rings. The van der Waals surface area contributed by atoms with Gasteiger partial charge in [-0.25, -0.2) is 0 Å². The van der Waals surface area contributed by atoms with Crippen LogP contribution in [-0.4, -0.2) is 20.1 Å². The maximum atomic E-state index is 11.5. The van der Waals surface area contributed by atoms with Crippen molar-refractivity contribution in [2.75, 3.05) is 4.90 Å². The Balaban J connectivity index is 1.63. The Bertz CT molecular complexity index is 1340. The van der Waals surface area contributed by atoms with Gasteiger partial charge in [-0.1, -0.05) is 30.3 Å². The third-order valence-corrected chi connectivity index (χ3v) is 5.84. The molecule has 164 valence electrons. The quantitative estimate of drug-likeness (QED) is 0.241. The fourth-order valence-corrected chi connectivity index (χ4v) is 4.41. The van der Waals surface area contributed by atoms with Crippen molar-refractivity contribution in [3.05, 3.63) is 107 Å². The van der Waals surface area contributed by atoms with Gasteiger partial charge in [0.1, 0.15) is 23.3 Å². The van der Waals surface area contributed by atoms with E-state index in [1.165, 1.54) is 6.07 Å². The number of rotatable bonds is 5. The van der Waals surface area contributed by atoms with Crippen molar-refractivity contribution < 1.29 is 14.4 Å². The Labute approximate surface area is 194 Å². The van der Waals surface area contributed by atoms with Gasteiger partial charge in [-0.2, -0.15) is 0 Å². The number of thiocarbonyl (C=S) groups is 1. The number of nitrogens with zero attached hydrogens (tertiary/aromatic N) is 3. The van der Waals surface area contributed by atoms with Crippen molar-refractivity contribution in [1.82, 2.24) is 10.3 Å². The molecule has 33 heavy (non-hydrogen) atoms. The molecule has 1 aliphatic rings. The molecule has 2 aromatic carbocycles. The highest BCUT2D eigenvalue weighted by atomic mass is 32.1. The van der Waals surface area contributed by atoms with Crippen LogP contribution in [0.2, 0.25) is 0 Å².